The minimum absolute atomic E-state index is 0.0891. The number of benzene rings is 2. The molecule has 0 aliphatic rings. The Bertz CT molecular complexity index is 1060. The SMILES string of the molecule is CCC(=O)C(NC(=O)c1ccc(C(=N)N)cc1)(Oc1ccccc1)C(=O)O.O=C(O)C(F)(F)F. The molecule has 2 aromatic carbocycles. The van der Waals surface area contributed by atoms with Crippen LogP contribution in [0.1, 0.15) is 29.3 Å². The van der Waals surface area contributed by atoms with E-state index < -0.39 is 35.5 Å². The van der Waals surface area contributed by atoms with Crippen molar-refractivity contribution in [2.75, 3.05) is 0 Å². The molecule has 0 radical (unpaired) electrons. The van der Waals surface area contributed by atoms with Gasteiger partial charge in [-0.1, -0.05) is 37.3 Å². The quantitative estimate of drug-likeness (QED) is 0.164. The van der Waals surface area contributed by atoms with Crippen LogP contribution >= 0.6 is 0 Å². The molecule has 13 heteroatoms. The monoisotopic (exact) mass is 483 g/mol. The molecule has 182 valence electrons. The summed E-state index contributed by atoms with van der Waals surface area (Å²) in [4.78, 5) is 45.8. The number of nitrogen functional groups attached to an aromatic ring is 1. The van der Waals surface area contributed by atoms with Crippen molar-refractivity contribution in [1.82, 2.24) is 5.32 Å². The van der Waals surface area contributed by atoms with Crippen LogP contribution in [0.2, 0.25) is 0 Å². The zero-order valence-corrected chi connectivity index (χ0v) is 17.6. The van der Waals surface area contributed by atoms with Gasteiger partial charge in [0.2, 0.25) is 5.78 Å². The van der Waals surface area contributed by atoms with Gasteiger partial charge in [0, 0.05) is 17.5 Å². The molecule has 2 rings (SSSR count). The number of carboxylic acid groups (broad SMARTS) is 2. The minimum atomic E-state index is -5.08. The third kappa shape index (κ3) is 7.32. The highest BCUT2D eigenvalue weighted by Gasteiger charge is 2.49. The molecular weight excluding hydrogens is 463 g/mol. The number of hydrogen-bond donors (Lipinski definition) is 5. The molecule has 6 N–H and O–H groups in total. The van der Waals surface area contributed by atoms with E-state index in [9.17, 15) is 32.7 Å². The first-order valence-corrected chi connectivity index (χ1v) is 9.32. The molecule has 0 aromatic heterocycles. The van der Waals surface area contributed by atoms with Crippen LogP contribution in [-0.2, 0) is 14.4 Å². The highest BCUT2D eigenvalue weighted by Crippen LogP contribution is 2.20. The molecule has 1 amide bonds. The molecule has 34 heavy (non-hydrogen) atoms. The van der Waals surface area contributed by atoms with E-state index in [1.54, 1.807) is 18.2 Å². The Morgan fingerprint density at radius 3 is 1.79 bits per heavy atom. The smallest absolute Gasteiger partial charge is 0.476 e. The molecular formula is C21H20F3N3O7. The third-order valence-electron chi connectivity index (χ3n) is 4.02. The molecule has 0 heterocycles. The fourth-order valence-corrected chi connectivity index (χ4v) is 2.32. The number of carboxylic acids is 2. The second-order valence-corrected chi connectivity index (χ2v) is 6.43. The van der Waals surface area contributed by atoms with Crippen LogP contribution in [0.15, 0.2) is 54.6 Å². The first kappa shape index (κ1) is 27.6. The number of ether oxygens (including phenoxy) is 1. The first-order chi connectivity index (χ1) is 15.7. The van der Waals surface area contributed by atoms with Crippen LogP contribution in [0.3, 0.4) is 0 Å². The number of aliphatic carboxylic acids is 2. The van der Waals surface area contributed by atoms with E-state index in [0.717, 1.165) is 0 Å². The van der Waals surface area contributed by atoms with Crippen molar-refractivity contribution in [3.63, 3.8) is 0 Å². The van der Waals surface area contributed by atoms with Gasteiger partial charge < -0.3 is 20.7 Å². The molecule has 0 fully saturated rings. The molecule has 0 saturated carbocycles. The lowest BCUT2D eigenvalue weighted by molar-refractivity contribution is -0.192. The number of carbonyl (C=O) groups excluding carboxylic acids is 2. The normalized spacial score (nSPS) is 12.2. The number of amidine groups is 1. The van der Waals surface area contributed by atoms with E-state index in [1.807, 2.05) is 0 Å². The van der Waals surface area contributed by atoms with Gasteiger partial charge in [0.25, 0.3) is 5.91 Å². The lowest BCUT2D eigenvalue weighted by atomic mass is 10.0. The fraction of sp³-hybridized carbons (Fsp3) is 0.190. The number of halogens is 3. The zero-order valence-electron chi connectivity index (χ0n) is 17.6. The Labute approximate surface area is 190 Å². The predicted molar refractivity (Wildman–Crippen MR) is 111 cm³/mol. The standard InChI is InChI=1S/C19H19N3O5.C2HF3O2/c1-2-15(23)19(18(25)26,27-14-6-4-3-5-7-14)22-17(24)13-10-8-12(9-11-13)16(20)21;3-2(4,5)1(6)7/h3-11H,2H2,1H3,(H3,20,21)(H,22,24)(H,25,26);(H,6,7). The summed E-state index contributed by atoms with van der Waals surface area (Å²) in [5, 5.41) is 26.4. The Morgan fingerprint density at radius 2 is 1.41 bits per heavy atom. The van der Waals surface area contributed by atoms with Gasteiger partial charge in [-0.15, -0.1) is 0 Å². The van der Waals surface area contributed by atoms with Gasteiger partial charge in [-0.05, 0) is 24.3 Å². The summed E-state index contributed by atoms with van der Waals surface area (Å²) in [6, 6.07) is 13.5. The number of nitrogens with one attached hydrogen (secondary N) is 2. The van der Waals surface area contributed by atoms with E-state index in [2.05, 4.69) is 5.32 Å². The van der Waals surface area contributed by atoms with Crippen LogP contribution in [-0.4, -0.2) is 51.6 Å². The maximum absolute atomic E-state index is 12.6. The van der Waals surface area contributed by atoms with E-state index >= 15 is 0 Å². The van der Waals surface area contributed by atoms with Gasteiger partial charge in [0.1, 0.15) is 11.6 Å². The van der Waals surface area contributed by atoms with Gasteiger partial charge >= 0.3 is 23.8 Å². The lowest BCUT2D eigenvalue weighted by Crippen LogP contribution is -2.64. The van der Waals surface area contributed by atoms with Crippen LogP contribution in [0.5, 0.6) is 5.75 Å². The minimum Gasteiger partial charge on any atom is -0.476 e. The van der Waals surface area contributed by atoms with Crippen molar-refractivity contribution in [3.8, 4) is 5.75 Å². The van der Waals surface area contributed by atoms with Crippen LogP contribution < -0.4 is 15.8 Å². The van der Waals surface area contributed by atoms with Crippen molar-refractivity contribution in [2.24, 2.45) is 5.73 Å². The maximum atomic E-state index is 12.6. The summed E-state index contributed by atoms with van der Waals surface area (Å²) in [6.07, 6.45) is -5.25. The van der Waals surface area contributed by atoms with Crippen LogP contribution in [0.25, 0.3) is 0 Å². The maximum Gasteiger partial charge on any atom is 0.490 e. The van der Waals surface area contributed by atoms with Gasteiger partial charge in [0.15, 0.2) is 0 Å². The molecule has 10 nitrogen and oxygen atoms in total. The fourth-order valence-electron chi connectivity index (χ4n) is 2.32. The Kier molecular flexibility index (Phi) is 9.30. The van der Waals surface area contributed by atoms with Crippen molar-refractivity contribution < 1.29 is 47.3 Å². The number of rotatable bonds is 8. The highest BCUT2D eigenvalue weighted by atomic mass is 19.4. The van der Waals surface area contributed by atoms with Gasteiger partial charge in [0.05, 0.1) is 0 Å². The highest BCUT2D eigenvalue weighted by molar-refractivity contribution is 6.11. The second kappa shape index (κ2) is 11.4. The molecule has 0 aliphatic carbocycles. The molecule has 1 unspecified atom stereocenters. The molecule has 2 aromatic rings. The first-order valence-electron chi connectivity index (χ1n) is 9.32. The zero-order chi connectivity index (χ0) is 26.1. The van der Waals surface area contributed by atoms with Crippen molar-refractivity contribution in [3.05, 3.63) is 65.7 Å². The molecule has 1 atom stereocenters. The molecule has 0 saturated heterocycles. The summed E-state index contributed by atoms with van der Waals surface area (Å²) >= 11 is 0. The number of hydrogen-bond acceptors (Lipinski definition) is 6. The molecule has 0 bridgehead atoms. The summed E-state index contributed by atoms with van der Waals surface area (Å²) < 4.78 is 37.2. The van der Waals surface area contributed by atoms with E-state index in [1.165, 1.54) is 43.3 Å². The van der Waals surface area contributed by atoms with Crippen molar-refractivity contribution in [2.45, 2.75) is 25.2 Å². The number of nitrogens with two attached hydrogens (primary N) is 1. The average molecular weight is 483 g/mol. The topological polar surface area (TPSA) is 180 Å². The van der Waals surface area contributed by atoms with Crippen LogP contribution in [0.4, 0.5) is 13.2 Å². The van der Waals surface area contributed by atoms with E-state index in [4.69, 9.17) is 25.8 Å². The number of amides is 1. The summed E-state index contributed by atoms with van der Waals surface area (Å²) in [5.74, 6) is -6.07. The number of alkyl halides is 3. The largest absolute Gasteiger partial charge is 0.490 e. The Balaban J connectivity index is 0.000000718. The van der Waals surface area contributed by atoms with Crippen LogP contribution in [0, 0.1) is 5.41 Å². The Morgan fingerprint density at radius 1 is 0.941 bits per heavy atom. The average Bonchev–Trinajstić information content (AvgIpc) is 2.78. The number of carbonyl (C=O) groups is 4. The lowest BCUT2D eigenvalue weighted by Gasteiger charge is -2.29. The molecule has 0 aliphatic heterocycles. The molecule has 0 spiro atoms. The summed E-state index contributed by atoms with van der Waals surface area (Å²) in [5.41, 5.74) is 3.30. The summed E-state index contributed by atoms with van der Waals surface area (Å²) in [7, 11) is 0. The predicted octanol–water partition coefficient (Wildman–Crippen LogP) is 2.17. The van der Waals surface area contributed by atoms with E-state index in [0.29, 0.717) is 5.56 Å². The number of ketones is 1. The second-order valence-electron chi connectivity index (χ2n) is 6.43. The van der Waals surface area contributed by atoms with Crippen molar-refractivity contribution in [1.29, 1.82) is 5.41 Å². The Hall–Kier alpha value is -4.42. The van der Waals surface area contributed by atoms with Gasteiger partial charge in [-0.25, -0.2) is 9.59 Å². The number of Topliss-reactive ketones (excluding diaryl/α,β-unsaturated/α-hetero) is 1. The summed E-state index contributed by atoms with van der Waals surface area (Å²) in [6.45, 7) is 1.47. The van der Waals surface area contributed by atoms with Crippen molar-refractivity contribution >= 4 is 29.5 Å². The third-order valence-corrected chi connectivity index (χ3v) is 4.02. The number of para-hydroxylation sites is 1. The van der Waals surface area contributed by atoms with Gasteiger partial charge in [-0.2, -0.15) is 13.2 Å². The van der Waals surface area contributed by atoms with Gasteiger partial charge in [-0.3, -0.25) is 20.3 Å². The van der Waals surface area contributed by atoms with E-state index in [-0.39, 0.29) is 23.6 Å².